The van der Waals surface area contributed by atoms with Crippen LogP contribution in [0.5, 0.6) is 5.75 Å². The van der Waals surface area contributed by atoms with Crippen LogP contribution in [0.2, 0.25) is 0 Å². The van der Waals surface area contributed by atoms with Crippen molar-refractivity contribution in [2.75, 3.05) is 39.0 Å². The van der Waals surface area contributed by atoms with Crippen LogP contribution in [-0.4, -0.2) is 61.2 Å². The molecule has 0 bridgehead atoms. The Morgan fingerprint density at radius 3 is 2.67 bits per heavy atom. The van der Waals surface area contributed by atoms with Crippen molar-refractivity contribution in [2.45, 2.75) is 12.4 Å². The lowest BCUT2D eigenvalue weighted by molar-refractivity contribution is -0.421. The molecule has 1 aromatic carbocycles. The van der Waals surface area contributed by atoms with Gasteiger partial charge in [-0.2, -0.15) is 10.3 Å². The molecule has 2 rings (SSSR count). The average Bonchev–Trinajstić information content (AvgIpc) is 2.72. The molecule has 1 heterocycles. The molecule has 0 saturated heterocycles. The number of thioether (sulfide) groups is 1. The van der Waals surface area contributed by atoms with Gasteiger partial charge < -0.3 is 14.4 Å². The average molecular weight is 435 g/mol. The zero-order valence-electron chi connectivity index (χ0n) is 17.1. The van der Waals surface area contributed by atoms with Gasteiger partial charge in [0.1, 0.15) is 0 Å². The minimum atomic E-state index is -0.946. The molecule has 0 aliphatic carbocycles. The maximum absolute atomic E-state index is 12.4. The number of anilines is 1. The summed E-state index contributed by atoms with van der Waals surface area (Å²) in [5.41, 5.74) is -1.17. The van der Waals surface area contributed by atoms with Gasteiger partial charge in [0.05, 0.1) is 36.0 Å². The number of carbonyl (C=O) groups excluding carboxylic acids is 1. The second-order valence-corrected chi connectivity index (χ2v) is 6.86. The van der Waals surface area contributed by atoms with Crippen molar-refractivity contribution in [1.29, 1.82) is 5.26 Å². The molecule has 0 N–H and O–H groups in total. The summed E-state index contributed by atoms with van der Waals surface area (Å²) in [5.74, 6) is -1.13. The highest BCUT2D eigenvalue weighted by molar-refractivity contribution is 7.99. The lowest BCUT2D eigenvalue weighted by atomic mass is 10.2. The van der Waals surface area contributed by atoms with Crippen molar-refractivity contribution in [1.82, 2.24) is 5.06 Å². The fourth-order valence-corrected chi connectivity index (χ4v) is 3.18. The Bertz CT molecular complexity index is 939. The Morgan fingerprint density at radius 1 is 1.47 bits per heavy atom. The SMILES string of the molecule is CCOC(=O)C1=NC(SC)N(OC)C(Oc2cc(C#N)ccc2N(C)C)=C1[N+](=O)[O-]. The van der Waals surface area contributed by atoms with Crippen LogP contribution in [0, 0.1) is 21.4 Å². The number of carbonyl (C=O) groups is 1. The number of nitro groups is 1. The number of nitrogens with zero attached hydrogens (tertiary/aromatic N) is 5. The van der Waals surface area contributed by atoms with E-state index in [2.05, 4.69) is 4.99 Å². The molecule has 1 unspecified atom stereocenters. The first kappa shape index (κ1) is 23.0. The number of aliphatic imine (C=N–C) groups is 1. The maximum atomic E-state index is 12.4. The van der Waals surface area contributed by atoms with Crippen molar-refractivity contribution < 1.29 is 24.0 Å². The largest absolute Gasteiger partial charge is 0.461 e. The lowest BCUT2D eigenvalue weighted by Gasteiger charge is -2.31. The predicted molar refractivity (Wildman–Crippen MR) is 110 cm³/mol. The first-order valence-corrected chi connectivity index (χ1v) is 9.97. The Hall–Kier alpha value is -3.30. The summed E-state index contributed by atoms with van der Waals surface area (Å²) in [6.07, 6.45) is 1.69. The van der Waals surface area contributed by atoms with Gasteiger partial charge in [-0.05, 0) is 25.3 Å². The summed E-state index contributed by atoms with van der Waals surface area (Å²) < 4.78 is 10.8. The van der Waals surface area contributed by atoms with Gasteiger partial charge >= 0.3 is 17.5 Å². The molecular weight excluding hydrogens is 414 g/mol. The highest BCUT2D eigenvalue weighted by Gasteiger charge is 2.44. The monoisotopic (exact) mass is 435 g/mol. The molecular formula is C18H21N5O6S. The molecule has 1 atom stereocenters. The number of benzene rings is 1. The molecule has 160 valence electrons. The van der Waals surface area contributed by atoms with Crippen LogP contribution in [0.25, 0.3) is 0 Å². The van der Waals surface area contributed by atoms with E-state index in [1.165, 1.54) is 24.9 Å². The van der Waals surface area contributed by atoms with Gasteiger partial charge in [-0.25, -0.2) is 9.79 Å². The Balaban J connectivity index is 2.72. The van der Waals surface area contributed by atoms with Gasteiger partial charge in [0.25, 0.3) is 0 Å². The number of ether oxygens (including phenoxy) is 2. The number of hydrogen-bond donors (Lipinski definition) is 0. The van der Waals surface area contributed by atoms with E-state index in [4.69, 9.17) is 14.3 Å². The fourth-order valence-electron chi connectivity index (χ4n) is 2.60. The van der Waals surface area contributed by atoms with Gasteiger partial charge in [-0.15, -0.1) is 11.8 Å². The van der Waals surface area contributed by atoms with E-state index in [1.54, 1.807) is 44.3 Å². The fraction of sp³-hybridized carbons (Fsp3) is 0.389. The maximum Gasteiger partial charge on any atom is 0.364 e. The molecule has 1 aromatic rings. The topological polar surface area (TPSA) is 131 Å². The highest BCUT2D eigenvalue weighted by Crippen LogP contribution is 2.35. The third-order valence-corrected chi connectivity index (χ3v) is 4.62. The minimum absolute atomic E-state index is 0.0198. The molecule has 0 radical (unpaired) electrons. The summed E-state index contributed by atoms with van der Waals surface area (Å²) >= 11 is 1.17. The summed E-state index contributed by atoms with van der Waals surface area (Å²) in [7, 11) is 4.80. The van der Waals surface area contributed by atoms with E-state index in [9.17, 15) is 20.2 Å². The predicted octanol–water partition coefficient (Wildman–Crippen LogP) is 1.98. The van der Waals surface area contributed by atoms with E-state index in [0.29, 0.717) is 11.3 Å². The summed E-state index contributed by atoms with van der Waals surface area (Å²) in [5, 5.41) is 22.2. The summed E-state index contributed by atoms with van der Waals surface area (Å²) in [4.78, 5) is 34.6. The molecule has 11 nitrogen and oxygen atoms in total. The van der Waals surface area contributed by atoms with E-state index in [-0.39, 0.29) is 18.2 Å². The van der Waals surface area contributed by atoms with Crippen LogP contribution in [0.15, 0.2) is 34.8 Å². The number of hydroxylamine groups is 2. The smallest absolute Gasteiger partial charge is 0.364 e. The van der Waals surface area contributed by atoms with Gasteiger partial charge in [0, 0.05) is 20.2 Å². The number of rotatable bonds is 8. The second-order valence-electron chi connectivity index (χ2n) is 5.97. The van der Waals surface area contributed by atoms with Crippen molar-refractivity contribution >= 4 is 29.1 Å². The molecule has 0 aromatic heterocycles. The van der Waals surface area contributed by atoms with Crippen molar-refractivity contribution in [3.8, 4) is 11.8 Å². The molecule has 0 amide bonds. The zero-order valence-corrected chi connectivity index (χ0v) is 17.9. The first-order chi connectivity index (χ1) is 14.3. The third-order valence-electron chi connectivity index (χ3n) is 3.90. The van der Waals surface area contributed by atoms with Gasteiger partial charge in [0.15, 0.2) is 11.2 Å². The van der Waals surface area contributed by atoms with Crippen LogP contribution in [0.3, 0.4) is 0 Å². The van der Waals surface area contributed by atoms with Crippen molar-refractivity contribution in [3.05, 3.63) is 45.5 Å². The van der Waals surface area contributed by atoms with E-state index in [1.807, 2.05) is 6.07 Å². The van der Waals surface area contributed by atoms with Crippen molar-refractivity contribution in [2.24, 2.45) is 4.99 Å². The van der Waals surface area contributed by atoms with Crippen LogP contribution >= 0.6 is 11.8 Å². The lowest BCUT2D eigenvalue weighted by Crippen LogP contribution is -2.42. The first-order valence-electron chi connectivity index (χ1n) is 8.68. The standard InChI is InChI=1S/C18H21N5O6S/c1-6-28-17(24)14-15(23(25)26)16(22(27-4)18(20-14)30-5)29-13-9-11(10-19)7-8-12(13)21(2)3/h7-9,18H,6H2,1-5H3. The number of esters is 1. The van der Waals surface area contributed by atoms with Crippen LogP contribution in [-0.2, 0) is 14.4 Å². The molecule has 1 aliphatic heterocycles. The van der Waals surface area contributed by atoms with Crippen molar-refractivity contribution in [3.63, 3.8) is 0 Å². The zero-order chi connectivity index (χ0) is 22.4. The quantitative estimate of drug-likeness (QED) is 0.339. The molecule has 1 aliphatic rings. The highest BCUT2D eigenvalue weighted by atomic mass is 32.2. The van der Waals surface area contributed by atoms with E-state index in [0.717, 1.165) is 5.06 Å². The number of hydrogen-bond acceptors (Lipinski definition) is 11. The van der Waals surface area contributed by atoms with E-state index >= 15 is 0 Å². The third kappa shape index (κ3) is 4.64. The van der Waals surface area contributed by atoms with Gasteiger partial charge in [-0.1, -0.05) is 0 Å². The van der Waals surface area contributed by atoms with Crippen LogP contribution in [0.4, 0.5) is 5.69 Å². The Labute approximate surface area is 177 Å². The Kier molecular flexibility index (Phi) is 7.62. The second kappa shape index (κ2) is 9.95. The molecule has 0 saturated carbocycles. The van der Waals surface area contributed by atoms with Crippen LogP contribution in [0.1, 0.15) is 12.5 Å². The number of nitriles is 1. The van der Waals surface area contributed by atoms with Gasteiger partial charge in [0.2, 0.25) is 5.71 Å². The molecule has 30 heavy (non-hydrogen) atoms. The van der Waals surface area contributed by atoms with Crippen LogP contribution < -0.4 is 9.64 Å². The van der Waals surface area contributed by atoms with E-state index < -0.39 is 27.8 Å². The molecule has 12 heteroatoms. The summed E-state index contributed by atoms with van der Waals surface area (Å²) in [6, 6.07) is 6.68. The normalized spacial score (nSPS) is 15.9. The Morgan fingerprint density at radius 2 is 2.17 bits per heavy atom. The molecule has 0 fully saturated rings. The minimum Gasteiger partial charge on any atom is -0.461 e. The summed E-state index contributed by atoms with van der Waals surface area (Å²) in [6.45, 7) is 1.60. The molecule has 0 spiro atoms. The van der Waals surface area contributed by atoms with Gasteiger partial charge in [-0.3, -0.25) is 15.0 Å².